The van der Waals surface area contributed by atoms with E-state index in [4.69, 9.17) is 17.1 Å². The van der Waals surface area contributed by atoms with E-state index in [-0.39, 0.29) is 0 Å². The normalized spacial score (nSPS) is 36.8. The first-order valence-electron chi connectivity index (χ1n) is 11.9. The molecule has 1 saturated heterocycles. The van der Waals surface area contributed by atoms with Gasteiger partial charge in [-0.3, -0.25) is 0 Å². The van der Waals surface area contributed by atoms with Crippen molar-refractivity contribution in [2.24, 2.45) is 0 Å². The Kier molecular flexibility index (Phi) is 7.68. The Bertz CT molecular complexity index is 425. The second kappa shape index (κ2) is 10.00. The van der Waals surface area contributed by atoms with Crippen LogP contribution >= 0.6 is 0 Å². The lowest BCUT2D eigenvalue weighted by atomic mass is 10.4. The molecule has 0 radical (unpaired) electrons. The highest BCUT2D eigenvalue weighted by atomic mass is 28.5. The Morgan fingerprint density at radius 3 is 1.81 bits per heavy atom. The van der Waals surface area contributed by atoms with E-state index in [0.717, 1.165) is 36.8 Å². The van der Waals surface area contributed by atoms with E-state index in [9.17, 15) is 0 Å². The van der Waals surface area contributed by atoms with E-state index in [0.29, 0.717) is 5.54 Å². The highest BCUT2D eigenvalue weighted by molar-refractivity contribution is 6.85. The maximum Gasteiger partial charge on any atom is 0.325 e. The standard InChI is InChI=1S/C20H40O4Si3/c1-2-15-21-16-17-27(20-13-7-8-14-20)23-25(18-9-3-4-10-18)22-26(24-27)19-11-5-6-12-19/h18-20,25-26H,2-17H2,1H3. The lowest BCUT2D eigenvalue weighted by Gasteiger charge is -2.48. The topological polar surface area (TPSA) is 36.9 Å². The van der Waals surface area contributed by atoms with Gasteiger partial charge in [0.1, 0.15) is 0 Å². The third kappa shape index (κ3) is 4.98. The first-order chi connectivity index (χ1) is 13.3. The van der Waals surface area contributed by atoms with Crippen molar-refractivity contribution in [3.05, 3.63) is 0 Å². The molecule has 1 heterocycles. The van der Waals surface area contributed by atoms with E-state index in [1.54, 1.807) is 0 Å². The molecule has 0 N–H and O–H groups in total. The van der Waals surface area contributed by atoms with Crippen LogP contribution in [0.4, 0.5) is 0 Å². The summed E-state index contributed by atoms with van der Waals surface area (Å²) in [6, 6.07) is 1.06. The lowest BCUT2D eigenvalue weighted by molar-refractivity contribution is 0.136. The minimum Gasteiger partial charge on any atom is -0.420 e. The molecule has 2 unspecified atom stereocenters. The minimum absolute atomic E-state index is 0.708. The van der Waals surface area contributed by atoms with Gasteiger partial charge in [0.05, 0.1) is 0 Å². The monoisotopic (exact) mass is 428 g/mol. The molecular formula is C20H40O4Si3. The van der Waals surface area contributed by atoms with Gasteiger partial charge in [-0.1, -0.05) is 45.4 Å². The molecule has 4 nitrogen and oxygen atoms in total. The van der Waals surface area contributed by atoms with Crippen molar-refractivity contribution in [1.29, 1.82) is 0 Å². The summed E-state index contributed by atoms with van der Waals surface area (Å²) in [5.74, 6) is 0. The molecule has 0 spiro atoms. The van der Waals surface area contributed by atoms with Crippen LogP contribution in [-0.2, 0) is 17.1 Å². The highest BCUT2D eigenvalue weighted by Gasteiger charge is 2.56. The van der Waals surface area contributed by atoms with Gasteiger partial charge in [-0.25, -0.2) is 0 Å². The molecule has 3 aliphatic carbocycles. The fourth-order valence-corrected chi connectivity index (χ4v) is 22.1. The number of hydrogen-bond acceptors (Lipinski definition) is 4. The van der Waals surface area contributed by atoms with Crippen molar-refractivity contribution >= 4 is 27.1 Å². The smallest absolute Gasteiger partial charge is 0.325 e. The first kappa shape index (κ1) is 20.8. The molecule has 27 heavy (non-hydrogen) atoms. The summed E-state index contributed by atoms with van der Waals surface area (Å²) < 4.78 is 27.0. The average Bonchev–Trinajstić information content (AvgIpc) is 3.46. The van der Waals surface area contributed by atoms with Crippen LogP contribution in [0.15, 0.2) is 0 Å². The van der Waals surface area contributed by atoms with Crippen molar-refractivity contribution in [2.45, 2.75) is 113 Å². The van der Waals surface area contributed by atoms with Crippen LogP contribution in [0.3, 0.4) is 0 Å². The third-order valence-electron chi connectivity index (χ3n) is 7.39. The summed E-state index contributed by atoms with van der Waals surface area (Å²) in [6.45, 7) is 3.91. The zero-order chi connectivity index (χ0) is 18.5. The van der Waals surface area contributed by atoms with Crippen molar-refractivity contribution in [1.82, 2.24) is 0 Å². The third-order valence-corrected chi connectivity index (χ3v) is 20.2. The van der Waals surface area contributed by atoms with Crippen LogP contribution in [0.1, 0.15) is 90.4 Å². The molecule has 1 aliphatic heterocycles. The summed E-state index contributed by atoms with van der Waals surface area (Å²) in [4.78, 5) is 0. The maximum absolute atomic E-state index is 7.10. The van der Waals surface area contributed by atoms with Crippen LogP contribution in [0.25, 0.3) is 0 Å². The van der Waals surface area contributed by atoms with E-state index in [1.807, 2.05) is 0 Å². The molecule has 0 aromatic heterocycles. The van der Waals surface area contributed by atoms with Crippen LogP contribution < -0.4 is 0 Å². The Labute approximate surface area is 170 Å². The van der Waals surface area contributed by atoms with Gasteiger partial charge in [0.2, 0.25) is 0 Å². The zero-order valence-corrected chi connectivity index (χ0v) is 20.6. The Morgan fingerprint density at radius 2 is 1.30 bits per heavy atom. The van der Waals surface area contributed by atoms with E-state index >= 15 is 0 Å². The molecule has 0 aromatic rings. The van der Waals surface area contributed by atoms with Gasteiger partial charge < -0.3 is 17.1 Å². The van der Waals surface area contributed by atoms with E-state index in [2.05, 4.69) is 6.92 Å². The van der Waals surface area contributed by atoms with Crippen molar-refractivity contribution in [2.75, 3.05) is 13.2 Å². The van der Waals surface area contributed by atoms with Crippen molar-refractivity contribution < 1.29 is 17.1 Å². The van der Waals surface area contributed by atoms with Gasteiger partial charge in [-0.15, -0.1) is 0 Å². The lowest BCUT2D eigenvalue weighted by Crippen LogP contribution is -2.62. The van der Waals surface area contributed by atoms with Gasteiger partial charge in [-0.2, -0.15) is 0 Å². The second-order valence-electron chi connectivity index (χ2n) is 9.35. The van der Waals surface area contributed by atoms with Gasteiger partial charge in [0.15, 0.2) is 0 Å². The van der Waals surface area contributed by atoms with Crippen molar-refractivity contribution in [3.8, 4) is 0 Å². The Morgan fingerprint density at radius 1 is 0.778 bits per heavy atom. The summed E-state index contributed by atoms with van der Waals surface area (Å²) >= 11 is 0. The SMILES string of the molecule is CCCOCC[Si]1(C2CCCC2)O[SiH](C2CCCC2)O[SiH](C2CCCC2)O1. The van der Waals surface area contributed by atoms with Gasteiger partial charge in [0.25, 0.3) is 0 Å². The largest absolute Gasteiger partial charge is 0.420 e. The molecule has 156 valence electrons. The van der Waals surface area contributed by atoms with Crippen molar-refractivity contribution in [3.63, 3.8) is 0 Å². The summed E-state index contributed by atoms with van der Waals surface area (Å²) in [6.07, 6.45) is 17.4. The molecular weight excluding hydrogens is 388 g/mol. The number of hydrogen-bond donors (Lipinski definition) is 0. The molecule has 4 fully saturated rings. The predicted octanol–water partition coefficient (Wildman–Crippen LogP) is 5.19. The maximum atomic E-state index is 7.10. The van der Waals surface area contributed by atoms with Gasteiger partial charge in [-0.05, 0) is 56.0 Å². The average molecular weight is 429 g/mol. The number of ether oxygens (including phenoxy) is 1. The van der Waals surface area contributed by atoms with E-state index in [1.165, 1.54) is 77.0 Å². The minimum atomic E-state index is -2.19. The summed E-state index contributed by atoms with van der Waals surface area (Å²) in [7, 11) is -5.37. The zero-order valence-electron chi connectivity index (χ0n) is 17.3. The molecule has 0 aromatic carbocycles. The fourth-order valence-electron chi connectivity index (χ4n) is 5.82. The molecule has 0 amide bonds. The Balaban J connectivity index is 1.52. The molecule has 0 bridgehead atoms. The van der Waals surface area contributed by atoms with Crippen LogP contribution in [0.5, 0.6) is 0 Å². The summed E-state index contributed by atoms with van der Waals surface area (Å²) in [5.41, 5.74) is 2.23. The summed E-state index contributed by atoms with van der Waals surface area (Å²) in [5, 5.41) is 0. The molecule has 2 atom stereocenters. The highest BCUT2D eigenvalue weighted by Crippen LogP contribution is 2.49. The first-order valence-corrected chi connectivity index (χ1v) is 17.2. The number of rotatable bonds is 8. The second-order valence-corrected chi connectivity index (χ2v) is 18.6. The van der Waals surface area contributed by atoms with Crippen LogP contribution in [0, 0.1) is 0 Å². The van der Waals surface area contributed by atoms with Crippen LogP contribution in [-0.4, -0.2) is 40.3 Å². The van der Waals surface area contributed by atoms with Gasteiger partial charge in [0, 0.05) is 24.8 Å². The Hall–Kier alpha value is 0.491. The quantitative estimate of drug-likeness (QED) is 0.394. The molecule has 7 heteroatoms. The van der Waals surface area contributed by atoms with Gasteiger partial charge >= 0.3 is 27.1 Å². The molecule has 4 aliphatic rings. The predicted molar refractivity (Wildman–Crippen MR) is 116 cm³/mol. The molecule has 3 saturated carbocycles. The van der Waals surface area contributed by atoms with E-state index < -0.39 is 27.1 Å². The van der Waals surface area contributed by atoms with Crippen LogP contribution in [0.2, 0.25) is 22.7 Å². The fraction of sp³-hybridized carbons (Fsp3) is 1.00. The molecule has 4 rings (SSSR count).